The summed E-state index contributed by atoms with van der Waals surface area (Å²) in [5.74, 6) is -0.581. The molecule has 0 unspecified atom stereocenters. The average molecular weight is 439 g/mol. The van der Waals surface area contributed by atoms with Gasteiger partial charge in [0.2, 0.25) is 5.91 Å². The van der Waals surface area contributed by atoms with Crippen LogP contribution >= 0.6 is 11.8 Å². The number of benzene rings is 2. The summed E-state index contributed by atoms with van der Waals surface area (Å²) in [6.45, 7) is 1.88. The van der Waals surface area contributed by atoms with Crippen molar-refractivity contribution in [3.05, 3.63) is 84.1 Å². The first-order valence-corrected chi connectivity index (χ1v) is 10.8. The molecule has 0 radical (unpaired) electrons. The van der Waals surface area contributed by atoms with Crippen LogP contribution in [-0.4, -0.2) is 20.4 Å². The Bertz CT molecular complexity index is 1210. The van der Waals surface area contributed by atoms with Gasteiger partial charge in [-0.2, -0.15) is 0 Å². The fourth-order valence-corrected chi connectivity index (χ4v) is 4.29. The molecule has 0 aliphatic rings. The van der Waals surface area contributed by atoms with Crippen molar-refractivity contribution in [2.24, 2.45) is 0 Å². The van der Waals surface area contributed by atoms with Gasteiger partial charge in [0.15, 0.2) is 10.8 Å². The number of fused-ring (bicyclic) bond motifs is 1. The van der Waals surface area contributed by atoms with Crippen LogP contribution in [0.15, 0.2) is 72.0 Å². The molecule has 1 atom stereocenters. The third-order valence-electron chi connectivity index (χ3n) is 4.83. The summed E-state index contributed by atoms with van der Waals surface area (Å²) in [6, 6.07) is 15.3. The Morgan fingerprint density at radius 3 is 2.61 bits per heavy atom. The lowest BCUT2D eigenvalue weighted by molar-refractivity contribution is -0.119. The lowest BCUT2D eigenvalue weighted by Gasteiger charge is -2.19. The third kappa shape index (κ3) is 4.59. The van der Waals surface area contributed by atoms with Gasteiger partial charge >= 0.3 is 0 Å². The highest BCUT2D eigenvalue weighted by molar-refractivity contribution is 7.98. The summed E-state index contributed by atoms with van der Waals surface area (Å²) < 4.78 is 29.0. The van der Waals surface area contributed by atoms with E-state index in [1.54, 1.807) is 41.1 Å². The van der Waals surface area contributed by atoms with E-state index in [9.17, 15) is 13.6 Å². The van der Waals surface area contributed by atoms with Crippen molar-refractivity contribution in [3.63, 3.8) is 0 Å². The van der Waals surface area contributed by atoms with Crippen LogP contribution in [0.5, 0.6) is 0 Å². The van der Waals surface area contributed by atoms with Crippen molar-refractivity contribution in [1.82, 2.24) is 14.5 Å². The zero-order valence-electron chi connectivity index (χ0n) is 16.8. The second kappa shape index (κ2) is 9.26. The number of pyridine rings is 1. The minimum Gasteiger partial charge on any atom is -0.322 e. The number of hydrogen-bond donors (Lipinski definition) is 1. The summed E-state index contributed by atoms with van der Waals surface area (Å²) in [7, 11) is 0. The molecule has 31 heavy (non-hydrogen) atoms. The van der Waals surface area contributed by atoms with Crippen LogP contribution in [0.2, 0.25) is 0 Å². The number of nitrogens with one attached hydrogen (secondary N) is 1. The maximum absolute atomic E-state index is 14.1. The lowest BCUT2D eigenvalue weighted by atomic mass is 10.2. The Balaban J connectivity index is 1.66. The number of para-hydroxylation sites is 1. The zero-order chi connectivity index (χ0) is 21.8. The van der Waals surface area contributed by atoms with E-state index < -0.39 is 11.9 Å². The van der Waals surface area contributed by atoms with Gasteiger partial charge in [-0.25, -0.2) is 18.7 Å². The summed E-state index contributed by atoms with van der Waals surface area (Å²) >= 11 is 1.44. The number of anilines is 1. The van der Waals surface area contributed by atoms with Gasteiger partial charge in [-0.15, -0.1) is 0 Å². The summed E-state index contributed by atoms with van der Waals surface area (Å²) in [5.41, 5.74) is 2.31. The molecule has 2 aromatic heterocycles. The van der Waals surface area contributed by atoms with Gasteiger partial charge in [0.25, 0.3) is 0 Å². The highest BCUT2D eigenvalue weighted by atomic mass is 32.2. The molecular weight excluding hydrogens is 418 g/mol. The van der Waals surface area contributed by atoms with E-state index in [0.29, 0.717) is 28.5 Å². The molecule has 0 aliphatic heterocycles. The number of halogens is 2. The van der Waals surface area contributed by atoms with Gasteiger partial charge in [-0.1, -0.05) is 43.0 Å². The van der Waals surface area contributed by atoms with Crippen molar-refractivity contribution < 1.29 is 13.6 Å². The smallest absolute Gasteiger partial charge is 0.247 e. The fourth-order valence-electron chi connectivity index (χ4n) is 3.28. The van der Waals surface area contributed by atoms with Crippen molar-refractivity contribution in [3.8, 4) is 0 Å². The number of thioether (sulfide) groups is 1. The third-order valence-corrected chi connectivity index (χ3v) is 5.85. The highest BCUT2D eigenvalue weighted by Crippen LogP contribution is 2.31. The van der Waals surface area contributed by atoms with Crippen molar-refractivity contribution in [2.45, 2.75) is 30.3 Å². The second-order valence-corrected chi connectivity index (χ2v) is 7.86. The minimum absolute atomic E-state index is 0.129. The van der Waals surface area contributed by atoms with Crippen LogP contribution in [0.4, 0.5) is 14.5 Å². The van der Waals surface area contributed by atoms with Crippen LogP contribution in [0.3, 0.4) is 0 Å². The van der Waals surface area contributed by atoms with Crippen molar-refractivity contribution >= 4 is 34.5 Å². The van der Waals surface area contributed by atoms with Crippen molar-refractivity contribution in [1.29, 1.82) is 0 Å². The molecule has 0 fully saturated rings. The quantitative estimate of drug-likeness (QED) is 0.382. The first kappa shape index (κ1) is 21.0. The van der Waals surface area contributed by atoms with Crippen LogP contribution in [0, 0.1) is 11.6 Å². The molecule has 1 amide bonds. The first-order valence-electron chi connectivity index (χ1n) is 9.82. The molecule has 5 nitrogen and oxygen atoms in total. The van der Waals surface area contributed by atoms with Gasteiger partial charge in [0, 0.05) is 11.9 Å². The predicted molar refractivity (Wildman–Crippen MR) is 118 cm³/mol. The van der Waals surface area contributed by atoms with Crippen LogP contribution < -0.4 is 5.32 Å². The lowest BCUT2D eigenvalue weighted by Crippen LogP contribution is -2.26. The Morgan fingerprint density at radius 2 is 1.87 bits per heavy atom. The number of nitrogens with zero attached hydrogens (tertiary/aromatic N) is 3. The van der Waals surface area contributed by atoms with E-state index >= 15 is 0 Å². The van der Waals surface area contributed by atoms with E-state index in [4.69, 9.17) is 0 Å². The molecule has 0 bridgehead atoms. The molecule has 0 saturated carbocycles. The van der Waals surface area contributed by atoms with E-state index in [-0.39, 0.29) is 17.4 Å². The minimum atomic E-state index is -0.629. The number of aromatic nitrogens is 3. The zero-order valence-corrected chi connectivity index (χ0v) is 17.6. The van der Waals surface area contributed by atoms with E-state index in [0.717, 1.165) is 5.56 Å². The molecule has 2 heterocycles. The molecule has 158 valence electrons. The maximum Gasteiger partial charge on any atom is 0.247 e. The van der Waals surface area contributed by atoms with Gasteiger partial charge in [-0.05, 0) is 48.4 Å². The summed E-state index contributed by atoms with van der Waals surface area (Å²) in [6.07, 6.45) is 2.11. The Kier molecular flexibility index (Phi) is 6.27. The molecular formula is C23H20F2N4OS. The Morgan fingerprint density at radius 1 is 1.10 bits per heavy atom. The van der Waals surface area contributed by atoms with Gasteiger partial charge in [-0.3, -0.25) is 9.36 Å². The van der Waals surface area contributed by atoms with E-state index in [2.05, 4.69) is 15.3 Å². The average Bonchev–Trinajstić information content (AvgIpc) is 3.14. The van der Waals surface area contributed by atoms with Gasteiger partial charge in [0.1, 0.15) is 23.2 Å². The standard InChI is InChI=1S/C23H20F2N4OS/c1-2-20(22(30)27-18-7-4-3-6-17(18)25)29-21-19(8-5-13-26-21)28-23(29)31-14-15-9-11-16(24)12-10-15/h3-13,20H,2,14H2,1H3,(H,27,30)/t20-/m0/s1. The van der Waals surface area contributed by atoms with E-state index in [1.807, 2.05) is 13.0 Å². The Labute approximate surface area is 182 Å². The highest BCUT2D eigenvalue weighted by Gasteiger charge is 2.26. The number of imidazole rings is 1. The second-order valence-electron chi connectivity index (χ2n) is 6.92. The predicted octanol–water partition coefficient (Wildman–Crippen LogP) is 5.59. The largest absolute Gasteiger partial charge is 0.322 e. The fraction of sp³-hybridized carbons (Fsp3) is 0.174. The van der Waals surface area contributed by atoms with Crippen LogP contribution in [0.25, 0.3) is 11.2 Å². The Hall–Kier alpha value is -3.26. The monoisotopic (exact) mass is 438 g/mol. The molecule has 1 N–H and O–H groups in total. The molecule has 0 saturated heterocycles. The molecule has 4 rings (SSSR count). The van der Waals surface area contributed by atoms with Crippen LogP contribution in [-0.2, 0) is 10.5 Å². The topological polar surface area (TPSA) is 59.8 Å². The molecule has 0 spiro atoms. The first-order chi connectivity index (χ1) is 15.1. The van der Waals surface area contributed by atoms with Gasteiger partial charge < -0.3 is 5.32 Å². The van der Waals surface area contributed by atoms with Crippen LogP contribution in [0.1, 0.15) is 24.9 Å². The maximum atomic E-state index is 14.1. The van der Waals surface area contributed by atoms with Gasteiger partial charge in [0.05, 0.1) is 5.69 Å². The number of rotatable bonds is 7. The number of hydrogen-bond acceptors (Lipinski definition) is 4. The summed E-state index contributed by atoms with van der Waals surface area (Å²) in [4.78, 5) is 22.2. The number of carbonyl (C=O) groups excluding carboxylic acids is 1. The van der Waals surface area contributed by atoms with Crippen molar-refractivity contribution in [2.75, 3.05) is 5.32 Å². The van der Waals surface area contributed by atoms with E-state index in [1.165, 1.54) is 36.0 Å². The number of amides is 1. The molecule has 2 aromatic carbocycles. The SMILES string of the molecule is CC[C@@H](C(=O)Nc1ccccc1F)n1c(SCc2ccc(F)cc2)nc2cccnc21. The molecule has 4 aromatic rings. The molecule has 0 aliphatic carbocycles. The normalized spacial score (nSPS) is 12.1. The summed E-state index contributed by atoms with van der Waals surface area (Å²) in [5, 5.41) is 3.30. The number of carbonyl (C=O) groups is 1. The molecule has 8 heteroatoms.